The van der Waals surface area contributed by atoms with Crippen molar-refractivity contribution in [2.24, 2.45) is 0 Å². The fourth-order valence-corrected chi connectivity index (χ4v) is 3.40. The molecule has 2 aromatic rings. The highest BCUT2D eigenvalue weighted by molar-refractivity contribution is 6.46. The zero-order chi connectivity index (χ0) is 21.0. The van der Waals surface area contributed by atoms with E-state index in [1.54, 1.807) is 36.4 Å². The number of aliphatic hydroxyl groups is 1. The summed E-state index contributed by atoms with van der Waals surface area (Å²) in [5, 5.41) is 22.0. The summed E-state index contributed by atoms with van der Waals surface area (Å²) < 4.78 is 5.03. The summed E-state index contributed by atoms with van der Waals surface area (Å²) in [5.74, 6) is -1.88. The number of methoxy groups -OCH3 is 1. The Morgan fingerprint density at radius 2 is 1.90 bits per heavy atom. The highest BCUT2D eigenvalue weighted by Crippen LogP contribution is 2.40. The van der Waals surface area contributed by atoms with Gasteiger partial charge in [-0.2, -0.15) is 0 Å². The SMILES string of the molecule is COCCCN1C(=O)C(=O)/C(=C(/O)c2ccccc2)C1c1cccc([N+](=O)[O-])c1. The van der Waals surface area contributed by atoms with Crippen LogP contribution >= 0.6 is 0 Å². The highest BCUT2D eigenvalue weighted by Gasteiger charge is 2.46. The van der Waals surface area contributed by atoms with E-state index in [1.165, 1.54) is 30.2 Å². The molecule has 8 heteroatoms. The minimum atomic E-state index is -0.924. The molecule has 0 aliphatic carbocycles. The van der Waals surface area contributed by atoms with Crippen LogP contribution in [0.5, 0.6) is 0 Å². The number of rotatable bonds is 7. The van der Waals surface area contributed by atoms with E-state index in [4.69, 9.17) is 4.74 Å². The summed E-state index contributed by atoms with van der Waals surface area (Å²) >= 11 is 0. The lowest BCUT2D eigenvalue weighted by atomic mass is 9.95. The molecule has 1 N–H and O–H groups in total. The van der Waals surface area contributed by atoms with Gasteiger partial charge in [0, 0.05) is 38.0 Å². The average Bonchev–Trinajstić information content (AvgIpc) is 2.99. The van der Waals surface area contributed by atoms with E-state index in [0.717, 1.165) is 0 Å². The van der Waals surface area contributed by atoms with Crippen LogP contribution < -0.4 is 0 Å². The maximum Gasteiger partial charge on any atom is 0.295 e. The van der Waals surface area contributed by atoms with Gasteiger partial charge in [0.05, 0.1) is 16.5 Å². The van der Waals surface area contributed by atoms with E-state index >= 15 is 0 Å². The van der Waals surface area contributed by atoms with Crippen LogP contribution in [0.25, 0.3) is 5.76 Å². The normalized spacial score (nSPS) is 18.2. The second kappa shape index (κ2) is 8.66. The highest BCUT2D eigenvalue weighted by atomic mass is 16.6. The van der Waals surface area contributed by atoms with E-state index < -0.39 is 22.7 Å². The Labute approximate surface area is 167 Å². The van der Waals surface area contributed by atoms with Gasteiger partial charge in [0.15, 0.2) is 0 Å². The fraction of sp³-hybridized carbons (Fsp3) is 0.238. The van der Waals surface area contributed by atoms with E-state index in [1.807, 2.05) is 0 Å². The van der Waals surface area contributed by atoms with Crippen molar-refractivity contribution in [3.8, 4) is 0 Å². The van der Waals surface area contributed by atoms with Crippen LogP contribution in [0.2, 0.25) is 0 Å². The molecule has 0 aromatic heterocycles. The number of Topliss-reactive ketones (excluding diaryl/α,β-unsaturated/α-hetero) is 1. The zero-order valence-electron chi connectivity index (χ0n) is 15.8. The monoisotopic (exact) mass is 396 g/mol. The molecule has 1 saturated heterocycles. The summed E-state index contributed by atoms with van der Waals surface area (Å²) in [7, 11) is 1.53. The van der Waals surface area contributed by atoms with Gasteiger partial charge in [0.2, 0.25) is 0 Å². The smallest absolute Gasteiger partial charge is 0.295 e. The van der Waals surface area contributed by atoms with Crippen molar-refractivity contribution in [1.82, 2.24) is 4.90 Å². The van der Waals surface area contributed by atoms with E-state index in [-0.39, 0.29) is 23.6 Å². The summed E-state index contributed by atoms with van der Waals surface area (Å²) in [6.45, 7) is 0.584. The first-order valence-corrected chi connectivity index (χ1v) is 9.02. The number of hydrogen-bond acceptors (Lipinski definition) is 6. The maximum absolute atomic E-state index is 12.8. The summed E-state index contributed by atoms with van der Waals surface area (Å²) in [4.78, 5) is 37.5. The number of non-ortho nitro benzene ring substituents is 1. The number of hydrogen-bond donors (Lipinski definition) is 1. The Morgan fingerprint density at radius 3 is 2.55 bits per heavy atom. The summed E-state index contributed by atoms with van der Waals surface area (Å²) in [5.41, 5.74) is 0.523. The molecule has 1 atom stereocenters. The van der Waals surface area contributed by atoms with Gasteiger partial charge < -0.3 is 14.7 Å². The Kier molecular flexibility index (Phi) is 6.04. The molecule has 1 fully saturated rings. The molecule has 0 radical (unpaired) electrons. The van der Waals surface area contributed by atoms with Gasteiger partial charge in [0.25, 0.3) is 17.4 Å². The number of likely N-dealkylation sites (tertiary alicyclic amines) is 1. The number of nitro benzene ring substituents is 1. The predicted molar refractivity (Wildman–Crippen MR) is 105 cm³/mol. The number of amides is 1. The first-order valence-electron chi connectivity index (χ1n) is 9.02. The molecule has 1 aliphatic rings. The van der Waals surface area contributed by atoms with E-state index in [2.05, 4.69) is 0 Å². The Balaban J connectivity index is 2.15. The Morgan fingerprint density at radius 1 is 1.17 bits per heavy atom. The average molecular weight is 396 g/mol. The van der Waals surface area contributed by atoms with Crippen molar-refractivity contribution in [2.75, 3.05) is 20.3 Å². The van der Waals surface area contributed by atoms with Gasteiger partial charge in [-0.15, -0.1) is 0 Å². The van der Waals surface area contributed by atoms with Crippen LogP contribution in [0.3, 0.4) is 0 Å². The zero-order valence-corrected chi connectivity index (χ0v) is 15.8. The number of carbonyl (C=O) groups excluding carboxylic acids is 2. The Bertz CT molecular complexity index is 970. The van der Waals surface area contributed by atoms with Crippen LogP contribution in [0, 0.1) is 10.1 Å². The molecule has 1 amide bonds. The van der Waals surface area contributed by atoms with E-state index in [0.29, 0.717) is 24.2 Å². The second-order valence-corrected chi connectivity index (χ2v) is 6.56. The number of ether oxygens (including phenoxy) is 1. The lowest BCUT2D eigenvalue weighted by Gasteiger charge is -2.25. The minimum Gasteiger partial charge on any atom is -0.507 e. The fourth-order valence-electron chi connectivity index (χ4n) is 3.40. The largest absolute Gasteiger partial charge is 0.507 e. The molecule has 1 heterocycles. The Hall–Kier alpha value is -3.52. The molecule has 29 heavy (non-hydrogen) atoms. The lowest BCUT2D eigenvalue weighted by Crippen LogP contribution is -2.31. The van der Waals surface area contributed by atoms with Crippen LogP contribution in [0.15, 0.2) is 60.2 Å². The number of nitrogens with zero attached hydrogens (tertiary/aromatic N) is 2. The van der Waals surface area contributed by atoms with Crippen molar-refractivity contribution in [3.05, 3.63) is 81.4 Å². The first-order chi connectivity index (χ1) is 14.0. The molecule has 2 aromatic carbocycles. The van der Waals surface area contributed by atoms with Gasteiger partial charge in [-0.25, -0.2) is 0 Å². The van der Waals surface area contributed by atoms with Gasteiger partial charge >= 0.3 is 0 Å². The molecule has 1 unspecified atom stereocenters. The van der Waals surface area contributed by atoms with Gasteiger partial charge in [-0.1, -0.05) is 42.5 Å². The minimum absolute atomic E-state index is 0.0842. The number of ketones is 1. The molecular weight excluding hydrogens is 376 g/mol. The summed E-state index contributed by atoms with van der Waals surface area (Å²) in [6, 6.07) is 13.2. The van der Waals surface area contributed by atoms with Gasteiger partial charge in [-0.3, -0.25) is 19.7 Å². The van der Waals surface area contributed by atoms with Crippen molar-refractivity contribution >= 4 is 23.1 Å². The number of benzene rings is 2. The van der Waals surface area contributed by atoms with Gasteiger partial charge in [-0.05, 0) is 12.0 Å². The number of nitro groups is 1. The summed E-state index contributed by atoms with van der Waals surface area (Å²) in [6.07, 6.45) is 0.473. The first kappa shape index (κ1) is 20.2. The molecule has 3 rings (SSSR count). The topological polar surface area (TPSA) is 110 Å². The molecule has 0 spiro atoms. The van der Waals surface area contributed by atoms with Crippen molar-refractivity contribution in [1.29, 1.82) is 0 Å². The number of aliphatic hydroxyl groups excluding tert-OH is 1. The van der Waals surface area contributed by atoms with Gasteiger partial charge in [0.1, 0.15) is 5.76 Å². The van der Waals surface area contributed by atoms with Crippen molar-refractivity contribution in [2.45, 2.75) is 12.5 Å². The quantitative estimate of drug-likeness (QED) is 0.192. The molecule has 1 aliphatic heterocycles. The lowest BCUT2D eigenvalue weighted by molar-refractivity contribution is -0.384. The molecule has 150 valence electrons. The third-order valence-corrected chi connectivity index (χ3v) is 4.73. The van der Waals surface area contributed by atoms with Crippen LogP contribution in [-0.4, -0.2) is 46.9 Å². The van der Waals surface area contributed by atoms with Crippen molar-refractivity contribution in [3.63, 3.8) is 0 Å². The van der Waals surface area contributed by atoms with Crippen LogP contribution in [-0.2, 0) is 14.3 Å². The molecule has 0 saturated carbocycles. The third-order valence-electron chi connectivity index (χ3n) is 4.73. The second-order valence-electron chi connectivity index (χ2n) is 6.56. The number of carbonyl (C=O) groups is 2. The maximum atomic E-state index is 12.8. The van der Waals surface area contributed by atoms with Crippen LogP contribution in [0.1, 0.15) is 23.6 Å². The third kappa shape index (κ3) is 4.02. The predicted octanol–water partition coefficient (Wildman–Crippen LogP) is 3.05. The van der Waals surface area contributed by atoms with Crippen LogP contribution in [0.4, 0.5) is 5.69 Å². The standard InChI is InChI=1S/C21H20N2O6/c1-29-12-6-11-22-18(15-9-5-10-16(13-15)23(27)28)17(20(25)21(22)26)19(24)14-7-3-2-4-8-14/h2-5,7-10,13,18,24H,6,11-12H2,1H3/b19-17+. The molecule has 0 bridgehead atoms. The molecule has 8 nitrogen and oxygen atoms in total. The van der Waals surface area contributed by atoms with E-state index in [9.17, 15) is 24.8 Å². The van der Waals surface area contributed by atoms with Crippen molar-refractivity contribution < 1.29 is 24.4 Å². The molecular formula is C21H20N2O6.